The van der Waals surface area contributed by atoms with Crippen molar-refractivity contribution in [2.75, 3.05) is 6.61 Å². The molecule has 3 aromatic rings. The Bertz CT molecular complexity index is 1190. The Morgan fingerprint density at radius 2 is 1.66 bits per heavy atom. The molecule has 0 bridgehead atoms. The highest BCUT2D eigenvalue weighted by molar-refractivity contribution is 5.86. The number of nitrogens with one attached hydrogen (secondary N) is 1. The van der Waals surface area contributed by atoms with Crippen molar-refractivity contribution in [1.82, 2.24) is 5.43 Å². The number of carbonyl (C=O) groups is 1. The average molecular weight is 431 g/mol. The summed E-state index contributed by atoms with van der Waals surface area (Å²) in [6.07, 6.45) is 1.35. The van der Waals surface area contributed by atoms with E-state index in [1.165, 1.54) is 17.8 Å². The highest BCUT2D eigenvalue weighted by atomic mass is 16.5. The van der Waals surface area contributed by atoms with Gasteiger partial charge in [-0.1, -0.05) is 18.2 Å². The van der Waals surface area contributed by atoms with Crippen LogP contribution in [0.5, 0.6) is 11.5 Å². The molecular weight excluding hydrogens is 404 g/mol. The Hall–Kier alpha value is -4.00. The maximum absolute atomic E-state index is 12.0. The zero-order valence-corrected chi connectivity index (χ0v) is 18.6. The first-order valence-electron chi connectivity index (χ1n) is 10.2. The molecule has 3 aromatic carbocycles. The zero-order chi connectivity index (χ0) is 23.1. The first-order chi connectivity index (χ1) is 15.3. The number of benzene rings is 3. The van der Waals surface area contributed by atoms with E-state index in [4.69, 9.17) is 4.74 Å². The lowest BCUT2D eigenvalue weighted by atomic mass is 10.1. The highest BCUT2D eigenvalue weighted by Crippen LogP contribution is 2.25. The number of aryl methyl sites for hydroxylation is 3. The number of hydrogen-bond acceptors (Lipinski definition) is 6. The number of azo groups is 1. The summed E-state index contributed by atoms with van der Waals surface area (Å²) in [6, 6.07) is 16.3. The number of aromatic hydroxyl groups is 1. The van der Waals surface area contributed by atoms with Gasteiger partial charge in [-0.3, -0.25) is 4.79 Å². The van der Waals surface area contributed by atoms with E-state index in [1.54, 1.807) is 12.1 Å². The molecule has 32 heavy (non-hydrogen) atoms. The molecule has 0 aromatic heterocycles. The van der Waals surface area contributed by atoms with Crippen molar-refractivity contribution in [2.45, 2.75) is 27.7 Å². The van der Waals surface area contributed by atoms with Crippen LogP contribution in [0.3, 0.4) is 0 Å². The van der Waals surface area contributed by atoms with Crippen LogP contribution in [-0.4, -0.2) is 23.8 Å². The van der Waals surface area contributed by atoms with Gasteiger partial charge >= 0.3 is 0 Å². The molecule has 0 radical (unpaired) electrons. The van der Waals surface area contributed by atoms with Gasteiger partial charge in [-0.15, -0.1) is 0 Å². The van der Waals surface area contributed by atoms with E-state index >= 15 is 0 Å². The largest absolute Gasteiger partial charge is 0.507 e. The van der Waals surface area contributed by atoms with Crippen molar-refractivity contribution in [2.24, 2.45) is 15.3 Å². The fourth-order valence-electron chi connectivity index (χ4n) is 2.84. The molecular formula is C25H26N4O3. The molecule has 0 atom stereocenters. The molecule has 0 aliphatic rings. The molecule has 7 nitrogen and oxygen atoms in total. The van der Waals surface area contributed by atoms with E-state index in [0.717, 1.165) is 22.4 Å². The van der Waals surface area contributed by atoms with E-state index in [2.05, 4.69) is 20.8 Å². The lowest BCUT2D eigenvalue weighted by Gasteiger charge is -2.09. The number of carbonyl (C=O) groups excluding carboxylic acids is 1. The summed E-state index contributed by atoms with van der Waals surface area (Å²) in [6.45, 7) is 7.81. The van der Waals surface area contributed by atoms with Crippen molar-refractivity contribution >= 4 is 23.5 Å². The number of rotatable bonds is 7. The standard InChI is InChI=1S/C25H26N4O3/c1-16-8-9-21(12-18(16)3)27-28-22-10-11-23(30)20(13-22)14-26-29-25(31)15-32-24-7-5-6-17(2)19(24)4/h5-14,30H,15H2,1-4H3,(H,29,31)/b26-14+,28-27?. The van der Waals surface area contributed by atoms with Gasteiger partial charge in [0, 0.05) is 5.56 Å². The number of hydrogen-bond donors (Lipinski definition) is 2. The van der Waals surface area contributed by atoms with Crippen LogP contribution in [0.25, 0.3) is 0 Å². The van der Waals surface area contributed by atoms with Gasteiger partial charge in [-0.2, -0.15) is 15.3 Å². The van der Waals surface area contributed by atoms with Crippen molar-refractivity contribution in [3.8, 4) is 11.5 Å². The van der Waals surface area contributed by atoms with E-state index in [0.29, 0.717) is 17.0 Å². The molecule has 7 heteroatoms. The summed E-state index contributed by atoms with van der Waals surface area (Å²) in [7, 11) is 0. The second-order valence-corrected chi connectivity index (χ2v) is 7.49. The Morgan fingerprint density at radius 1 is 0.938 bits per heavy atom. The SMILES string of the molecule is Cc1ccc(N=Nc2ccc(O)c(/C=N/NC(=O)COc3cccc(C)c3C)c2)cc1C. The third-order valence-electron chi connectivity index (χ3n) is 5.09. The third kappa shape index (κ3) is 6.01. The molecule has 0 fully saturated rings. The molecule has 0 heterocycles. The normalized spacial score (nSPS) is 11.2. The highest BCUT2D eigenvalue weighted by Gasteiger charge is 2.06. The summed E-state index contributed by atoms with van der Waals surface area (Å²) in [4.78, 5) is 12.0. The van der Waals surface area contributed by atoms with Crippen molar-refractivity contribution < 1.29 is 14.6 Å². The van der Waals surface area contributed by atoms with Crippen molar-refractivity contribution in [3.05, 3.63) is 82.4 Å². The second kappa shape index (κ2) is 10.3. The topological polar surface area (TPSA) is 95.6 Å². The molecule has 3 rings (SSSR count). The summed E-state index contributed by atoms with van der Waals surface area (Å²) in [5, 5.41) is 22.4. The number of amides is 1. The van der Waals surface area contributed by atoms with Gasteiger partial charge in [-0.25, -0.2) is 5.43 Å². The van der Waals surface area contributed by atoms with Crippen LogP contribution in [0.1, 0.15) is 27.8 Å². The van der Waals surface area contributed by atoms with Gasteiger partial charge in [0.2, 0.25) is 0 Å². The Balaban J connectivity index is 1.60. The van der Waals surface area contributed by atoms with Crippen LogP contribution in [0, 0.1) is 27.7 Å². The summed E-state index contributed by atoms with van der Waals surface area (Å²) in [5.41, 5.74) is 8.48. The van der Waals surface area contributed by atoms with Gasteiger partial charge in [0.1, 0.15) is 11.5 Å². The number of phenolic OH excluding ortho intramolecular Hbond substituents is 1. The number of nitrogens with zero attached hydrogens (tertiary/aromatic N) is 3. The van der Waals surface area contributed by atoms with Crippen LogP contribution in [0.15, 0.2) is 69.9 Å². The summed E-state index contributed by atoms with van der Waals surface area (Å²) >= 11 is 0. The van der Waals surface area contributed by atoms with Crippen molar-refractivity contribution in [3.63, 3.8) is 0 Å². The maximum atomic E-state index is 12.0. The molecule has 0 saturated carbocycles. The van der Waals surface area contributed by atoms with Gasteiger partial charge in [0.05, 0.1) is 17.6 Å². The summed E-state index contributed by atoms with van der Waals surface area (Å²) < 4.78 is 5.55. The van der Waals surface area contributed by atoms with Crippen LogP contribution in [0.4, 0.5) is 11.4 Å². The van der Waals surface area contributed by atoms with Crippen LogP contribution >= 0.6 is 0 Å². The molecule has 164 valence electrons. The minimum absolute atomic E-state index is 0.0137. The molecule has 0 spiro atoms. The summed E-state index contributed by atoms with van der Waals surface area (Å²) in [5.74, 6) is 0.260. The quantitative estimate of drug-likeness (QED) is 0.291. The Kier molecular flexibility index (Phi) is 7.33. The number of ether oxygens (including phenoxy) is 1. The Morgan fingerprint density at radius 3 is 2.41 bits per heavy atom. The Labute approximate surface area is 187 Å². The van der Waals surface area contributed by atoms with Gasteiger partial charge in [-0.05, 0) is 86.3 Å². The molecule has 2 N–H and O–H groups in total. The minimum Gasteiger partial charge on any atom is -0.507 e. The van der Waals surface area contributed by atoms with Crippen LogP contribution in [-0.2, 0) is 4.79 Å². The lowest BCUT2D eigenvalue weighted by Crippen LogP contribution is -2.24. The van der Waals surface area contributed by atoms with E-state index in [1.807, 2.05) is 64.1 Å². The predicted molar refractivity (Wildman–Crippen MR) is 125 cm³/mol. The fraction of sp³-hybridized carbons (Fsp3) is 0.200. The van der Waals surface area contributed by atoms with Gasteiger partial charge in [0.25, 0.3) is 5.91 Å². The molecule has 0 saturated heterocycles. The van der Waals surface area contributed by atoms with Crippen LogP contribution in [0.2, 0.25) is 0 Å². The molecule has 0 unspecified atom stereocenters. The van der Waals surface area contributed by atoms with Gasteiger partial charge in [0.15, 0.2) is 6.61 Å². The minimum atomic E-state index is -0.410. The molecule has 1 amide bonds. The lowest BCUT2D eigenvalue weighted by molar-refractivity contribution is -0.123. The zero-order valence-electron chi connectivity index (χ0n) is 18.6. The van der Waals surface area contributed by atoms with E-state index in [-0.39, 0.29) is 12.4 Å². The smallest absolute Gasteiger partial charge is 0.277 e. The average Bonchev–Trinajstić information content (AvgIpc) is 2.77. The van der Waals surface area contributed by atoms with Crippen LogP contribution < -0.4 is 10.2 Å². The maximum Gasteiger partial charge on any atom is 0.277 e. The van der Waals surface area contributed by atoms with E-state index in [9.17, 15) is 9.90 Å². The molecule has 0 aliphatic heterocycles. The van der Waals surface area contributed by atoms with E-state index < -0.39 is 5.91 Å². The molecule has 0 aliphatic carbocycles. The van der Waals surface area contributed by atoms with Gasteiger partial charge < -0.3 is 9.84 Å². The third-order valence-corrected chi connectivity index (χ3v) is 5.09. The second-order valence-electron chi connectivity index (χ2n) is 7.49. The fourth-order valence-corrected chi connectivity index (χ4v) is 2.84. The number of phenols is 1. The first-order valence-corrected chi connectivity index (χ1v) is 10.2. The predicted octanol–water partition coefficient (Wildman–Crippen LogP) is 5.57. The first kappa shape index (κ1) is 22.7. The van der Waals surface area contributed by atoms with Crippen molar-refractivity contribution in [1.29, 1.82) is 0 Å². The number of hydrazone groups is 1. The monoisotopic (exact) mass is 430 g/mol.